The van der Waals surface area contributed by atoms with Gasteiger partial charge in [-0.25, -0.2) is 13.5 Å². The second-order valence-corrected chi connectivity index (χ2v) is 7.50. The van der Waals surface area contributed by atoms with E-state index in [4.69, 9.17) is 9.15 Å². The number of amides is 1. The van der Waals surface area contributed by atoms with Gasteiger partial charge in [0.25, 0.3) is 5.91 Å². The lowest BCUT2D eigenvalue weighted by atomic mass is 10.2. The summed E-state index contributed by atoms with van der Waals surface area (Å²) in [6.07, 6.45) is 1.52. The summed E-state index contributed by atoms with van der Waals surface area (Å²) in [4.78, 5) is 16.8. The van der Waals surface area contributed by atoms with Gasteiger partial charge in [-0.2, -0.15) is 4.98 Å². The Morgan fingerprint density at radius 2 is 1.71 bits per heavy atom. The molecule has 0 aliphatic carbocycles. The van der Waals surface area contributed by atoms with Gasteiger partial charge in [-0.15, -0.1) is 5.10 Å². The van der Waals surface area contributed by atoms with Crippen LogP contribution in [0.4, 0.5) is 14.5 Å². The van der Waals surface area contributed by atoms with Crippen LogP contribution in [0.2, 0.25) is 0 Å². The van der Waals surface area contributed by atoms with E-state index in [0.717, 1.165) is 5.56 Å². The predicted octanol–water partition coefficient (Wildman–Crippen LogP) is 5.64. The van der Waals surface area contributed by atoms with Crippen LogP contribution in [0.3, 0.4) is 0 Å². The normalized spacial score (nSPS) is 10.8. The minimum atomic E-state index is -0.597. The Morgan fingerprint density at radius 1 is 0.943 bits per heavy atom. The van der Waals surface area contributed by atoms with Gasteiger partial charge >= 0.3 is 6.01 Å². The molecular formula is C26H18F2N4O3. The van der Waals surface area contributed by atoms with Crippen molar-refractivity contribution in [2.24, 2.45) is 0 Å². The molecule has 0 aliphatic rings. The summed E-state index contributed by atoms with van der Waals surface area (Å²) in [5.41, 5.74) is 1.83. The topological polar surface area (TPSA) is 82.2 Å². The van der Waals surface area contributed by atoms with Crippen molar-refractivity contribution >= 4 is 11.6 Å². The molecule has 2 heterocycles. The Labute approximate surface area is 198 Å². The summed E-state index contributed by atoms with van der Waals surface area (Å²) in [7, 11) is 0. The molecule has 0 radical (unpaired) electrons. The van der Waals surface area contributed by atoms with E-state index < -0.39 is 11.7 Å². The van der Waals surface area contributed by atoms with Gasteiger partial charge in [0.2, 0.25) is 5.82 Å². The molecule has 0 spiro atoms. The largest absolute Gasteiger partial charge is 0.461 e. The molecule has 5 aromatic rings. The number of hydrogen-bond acceptors (Lipinski definition) is 5. The summed E-state index contributed by atoms with van der Waals surface area (Å²) < 4.78 is 39.8. The van der Waals surface area contributed by atoms with E-state index >= 15 is 0 Å². The molecular weight excluding hydrogens is 454 g/mol. The van der Waals surface area contributed by atoms with Crippen molar-refractivity contribution in [3.8, 4) is 23.3 Å². The molecule has 0 saturated carbocycles. The monoisotopic (exact) mass is 472 g/mol. The van der Waals surface area contributed by atoms with Crippen molar-refractivity contribution in [1.82, 2.24) is 14.8 Å². The van der Waals surface area contributed by atoms with Crippen LogP contribution in [0.25, 0.3) is 17.3 Å². The van der Waals surface area contributed by atoms with E-state index in [1.165, 1.54) is 36.6 Å². The lowest BCUT2D eigenvalue weighted by Crippen LogP contribution is -2.13. The number of nitrogens with one attached hydrogen (secondary N) is 1. The highest BCUT2D eigenvalue weighted by Crippen LogP contribution is 2.25. The number of rotatable bonds is 7. The van der Waals surface area contributed by atoms with Crippen LogP contribution in [-0.2, 0) is 6.61 Å². The number of benzene rings is 3. The first-order valence-corrected chi connectivity index (χ1v) is 10.6. The van der Waals surface area contributed by atoms with Gasteiger partial charge in [0, 0.05) is 5.69 Å². The number of halogens is 2. The number of hydrogen-bond donors (Lipinski definition) is 1. The number of carbonyl (C=O) groups is 1. The van der Waals surface area contributed by atoms with Crippen LogP contribution in [0.1, 0.15) is 15.9 Å². The Morgan fingerprint density at radius 3 is 2.43 bits per heavy atom. The van der Waals surface area contributed by atoms with Crippen LogP contribution >= 0.6 is 0 Å². The maximum Gasteiger partial charge on any atom is 0.336 e. The van der Waals surface area contributed by atoms with Gasteiger partial charge in [-0.05, 0) is 66.2 Å². The summed E-state index contributed by atoms with van der Waals surface area (Å²) >= 11 is 0. The molecule has 2 aromatic heterocycles. The standard InChI is InChI=1S/C26H18F2N4O3/c27-18-9-7-17(8-10-18)16-35-26-30-24(23-6-3-15-34-23)32(31-26)20-13-11-19(12-14-20)29-25(33)21-4-1-2-5-22(21)28/h1-15H,16H2,(H,29,33). The molecule has 1 N–H and O–H groups in total. The average molecular weight is 472 g/mol. The van der Waals surface area contributed by atoms with E-state index in [9.17, 15) is 13.6 Å². The van der Waals surface area contributed by atoms with Crippen molar-refractivity contribution in [2.75, 3.05) is 5.32 Å². The zero-order chi connectivity index (χ0) is 24.2. The third-order valence-corrected chi connectivity index (χ3v) is 5.10. The van der Waals surface area contributed by atoms with Crippen LogP contribution < -0.4 is 10.1 Å². The van der Waals surface area contributed by atoms with Crippen LogP contribution in [0, 0.1) is 11.6 Å². The third-order valence-electron chi connectivity index (χ3n) is 5.10. The van der Waals surface area contributed by atoms with E-state index in [2.05, 4.69) is 15.4 Å². The third kappa shape index (κ3) is 4.93. The fourth-order valence-corrected chi connectivity index (χ4v) is 3.36. The predicted molar refractivity (Wildman–Crippen MR) is 124 cm³/mol. The van der Waals surface area contributed by atoms with Crippen LogP contribution in [-0.4, -0.2) is 20.7 Å². The van der Waals surface area contributed by atoms with Gasteiger partial charge in [-0.3, -0.25) is 4.79 Å². The number of ether oxygens (including phenoxy) is 1. The first kappa shape index (κ1) is 22.0. The quantitative estimate of drug-likeness (QED) is 0.332. The first-order valence-electron chi connectivity index (χ1n) is 10.6. The first-order chi connectivity index (χ1) is 17.1. The lowest BCUT2D eigenvalue weighted by molar-refractivity contribution is 0.102. The molecule has 0 aliphatic heterocycles. The molecule has 9 heteroatoms. The fraction of sp³-hybridized carbons (Fsp3) is 0.0385. The maximum absolute atomic E-state index is 13.9. The van der Waals surface area contributed by atoms with E-state index in [-0.39, 0.29) is 24.0 Å². The van der Waals surface area contributed by atoms with E-state index in [1.807, 2.05) is 0 Å². The van der Waals surface area contributed by atoms with Crippen LogP contribution in [0.15, 0.2) is 95.6 Å². The molecule has 0 fully saturated rings. The minimum Gasteiger partial charge on any atom is -0.461 e. The Kier molecular flexibility index (Phi) is 6.04. The highest BCUT2D eigenvalue weighted by Gasteiger charge is 2.17. The molecule has 35 heavy (non-hydrogen) atoms. The number of nitrogens with zero attached hydrogens (tertiary/aromatic N) is 3. The molecule has 174 valence electrons. The number of carbonyl (C=O) groups excluding carboxylic acids is 1. The molecule has 0 bridgehead atoms. The fourth-order valence-electron chi connectivity index (χ4n) is 3.36. The molecule has 0 saturated heterocycles. The van der Waals surface area contributed by atoms with Gasteiger partial charge in [0.05, 0.1) is 17.5 Å². The Bertz CT molecular complexity index is 1450. The molecule has 3 aromatic carbocycles. The smallest absolute Gasteiger partial charge is 0.336 e. The average Bonchev–Trinajstić information content (AvgIpc) is 3.55. The zero-order valence-corrected chi connectivity index (χ0v) is 18.2. The van der Waals surface area contributed by atoms with Crippen LogP contribution in [0.5, 0.6) is 6.01 Å². The molecule has 0 atom stereocenters. The Balaban J connectivity index is 1.37. The summed E-state index contributed by atoms with van der Waals surface area (Å²) in [6.45, 7) is 0.156. The van der Waals surface area contributed by atoms with Gasteiger partial charge in [-0.1, -0.05) is 24.3 Å². The van der Waals surface area contributed by atoms with Gasteiger partial charge in [0.1, 0.15) is 18.2 Å². The SMILES string of the molecule is O=C(Nc1ccc(-n2nc(OCc3ccc(F)cc3)nc2-c2ccco2)cc1)c1ccccc1F. The highest BCUT2D eigenvalue weighted by molar-refractivity contribution is 6.04. The summed E-state index contributed by atoms with van der Waals surface area (Å²) in [5.74, 6) is -0.590. The van der Waals surface area contributed by atoms with Crippen molar-refractivity contribution in [1.29, 1.82) is 0 Å². The van der Waals surface area contributed by atoms with Gasteiger partial charge < -0.3 is 14.5 Å². The highest BCUT2D eigenvalue weighted by atomic mass is 19.1. The molecule has 1 amide bonds. The maximum atomic E-state index is 13.9. The second kappa shape index (κ2) is 9.60. The van der Waals surface area contributed by atoms with Crippen molar-refractivity contribution in [3.63, 3.8) is 0 Å². The van der Waals surface area contributed by atoms with Gasteiger partial charge in [0.15, 0.2) is 5.76 Å². The number of furan rings is 1. The number of anilines is 1. The van der Waals surface area contributed by atoms with E-state index in [0.29, 0.717) is 23.0 Å². The zero-order valence-electron chi connectivity index (χ0n) is 18.2. The summed E-state index contributed by atoms with van der Waals surface area (Å²) in [5, 5.41) is 7.10. The van der Waals surface area contributed by atoms with Crippen molar-refractivity contribution < 1.29 is 22.7 Å². The number of aromatic nitrogens is 3. The van der Waals surface area contributed by atoms with E-state index in [1.54, 1.807) is 59.3 Å². The summed E-state index contributed by atoms with van der Waals surface area (Å²) in [6, 6.07) is 22.1. The second-order valence-electron chi connectivity index (χ2n) is 7.50. The van der Waals surface area contributed by atoms with Crippen molar-refractivity contribution in [3.05, 3.63) is 114 Å². The minimum absolute atomic E-state index is 0.0455. The lowest BCUT2D eigenvalue weighted by Gasteiger charge is -2.08. The molecule has 0 unspecified atom stereocenters. The van der Waals surface area contributed by atoms with Crippen molar-refractivity contribution in [2.45, 2.75) is 6.61 Å². The molecule has 5 rings (SSSR count). The molecule has 7 nitrogen and oxygen atoms in total. The Hall–Kier alpha value is -4.79.